The van der Waals surface area contributed by atoms with E-state index in [1.165, 1.54) is 0 Å². The summed E-state index contributed by atoms with van der Waals surface area (Å²) in [5.74, 6) is 0.148. The molecule has 60 valence electrons. The van der Waals surface area contributed by atoms with Crippen LogP contribution in [0.4, 0.5) is 0 Å². The number of guanidine groups is 1. The lowest BCUT2D eigenvalue weighted by Gasteiger charge is -1.99. The molecule has 0 rings (SSSR count). The van der Waals surface area contributed by atoms with Crippen LogP contribution in [0.5, 0.6) is 0 Å². The third-order valence-corrected chi connectivity index (χ3v) is 1.43. The zero-order valence-electron chi connectivity index (χ0n) is 5.70. The number of thiol groups is 2. The Morgan fingerprint density at radius 3 is 2.40 bits per heavy atom. The van der Waals surface area contributed by atoms with Gasteiger partial charge in [-0.1, -0.05) is 0 Å². The molecule has 0 aromatic heterocycles. The van der Waals surface area contributed by atoms with Crippen molar-refractivity contribution in [1.29, 1.82) is 0 Å². The summed E-state index contributed by atoms with van der Waals surface area (Å²) < 4.78 is 0.134. The van der Waals surface area contributed by atoms with Crippen LogP contribution in [0, 0.1) is 0 Å². The number of hydrogen-bond acceptors (Lipinski definition) is 3. The van der Waals surface area contributed by atoms with Gasteiger partial charge in [-0.3, -0.25) is 4.99 Å². The number of nitrogens with two attached hydrogens (primary N) is 2. The molecule has 0 radical (unpaired) electrons. The summed E-state index contributed by atoms with van der Waals surface area (Å²) in [6.07, 6.45) is 1.85. The highest BCUT2D eigenvalue weighted by molar-refractivity contribution is 7.99. The van der Waals surface area contributed by atoms with Gasteiger partial charge in [0.15, 0.2) is 5.96 Å². The van der Waals surface area contributed by atoms with Gasteiger partial charge in [0.1, 0.15) is 0 Å². The minimum absolute atomic E-state index is 0.134. The minimum Gasteiger partial charge on any atom is -0.370 e. The smallest absolute Gasteiger partial charge is 0.185 e. The van der Waals surface area contributed by atoms with Crippen LogP contribution in [0.1, 0.15) is 12.8 Å². The van der Waals surface area contributed by atoms with Gasteiger partial charge in [0, 0.05) is 11.1 Å². The molecule has 0 bridgehead atoms. The third-order valence-electron chi connectivity index (χ3n) is 0.915. The molecule has 0 aromatic carbocycles. The zero-order chi connectivity index (χ0) is 7.98. The average molecular weight is 179 g/mol. The standard InChI is InChI=1S/C5H13N3S2/c6-5(7)8-3-1-2-4(9)10/h4,9-10H,1-3H2,(H4,6,7,8). The van der Waals surface area contributed by atoms with E-state index in [9.17, 15) is 0 Å². The molecule has 3 nitrogen and oxygen atoms in total. The topological polar surface area (TPSA) is 64.4 Å². The van der Waals surface area contributed by atoms with E-state index in [2.05, 4.69) is 30.2 Å². The molecule has 0 aromatic rings. The molecule has 5 heteroatoms. The van der Waals surface area contributed by atoms with Gasteiger partial charge < -0.3 is 11.5 Å². The number of rotatable bonds is 4. The molecule has 0 heterocycles. The Hall–Kier alpha value is -0.0300. The Balaban J connectivity index is 3.13. The molecular weight excluding hydrogens is 166 g/mol. The van der Waals surface area contributed by atoms with Gasteiger partial charge >= 0.3 is 0 Å². The largest absolute Gasteiger partial charge is 0.370 e. The van der Waals surface area contributed by atoms with Crippen molar-refractivity contribution in [3.8, 4) is 0 Å². The molecular formula is C5H13N3S2. The fourth-order valence-corrected chi connectivity index (χ4v) is 0.847. The van der Waals surface area contributed by atoms with Crippen molar-refractivity contribution >= 4 is 31.2 Å². The summed E-state index contributed by atoms with van der Waals surface area (Å²) >= 11 is 8.15. The van der Waals surface area contributed by atoms with Crippen molar-refractivity contribution in [2.75, 3.05) is 6.54 Å². The van der Waals surface area contributed by atoms with Crippen molar-refractivity contribution < 1.29 is 0 Å². The second-order valence-electron chi connectivity index (χ2n) is 1.93. The summed E-state index contributed by atoms with van der Waals surface area (Å²) in [5, 5.41) is 0. The first kappa shape index (κ1) is 9.97. The van der Waals surface area contributed by atoms with E-state index in [0.29, 0.717) is 6.54 Å². The lowest BCUT2D eigenvalue weighted by molar-refractivity contribution is 0.800. The zero-order valence-corrected chi connectivity index (χ0v) is 7.48. The maximum absolute atomic E-state index is 5.10. The van der Waals surface area contributed by atoms with Crippen molar-refractivity contribution in [2.45, 2.75) is 17.4 Å². The summed E-state index contributed by atoms with van der Waals surface area (Å²) in [5.41, 5.74) is 10.2. The van der Waals surface area contributed by atoms with Crippen LogP contribution >= 0.6 is 25.3 Å². The monoisotopic (exact) mass is 179 g/mol. The molecule has 4 N–H and O–H groups in total. The molecule has 0 spiro atoms. The number of hydrogen-bond donors (Lipinski definition) is 4. The molecule has 0 aliphatic carbocycles. The van der Waals surface area contributed by atoms with E-state index in [1.54, 1.807) is 0 Å². The quantitative estimate of drug-likeness (QED) is 0.164. The van der Waals surface area contributed by atoms with Crippen LogP contribution in [-0.2, 0) is 0 Å². The van der Waals surface area contributed by atoms with Gasteiger partial charge in [0.05, 0.1) is 0 Å². The van der Waals surface area contributed by atoms with Crippen LogP contribution in [-0.4, -0.2) is 17.1 Å². The van der Waals surface area contributed by atoms with Crippen LogP contribution < -0.4 is 11.5 Å². The van der Waals surface area contributed by atoms with Gasteiger partial charge in [-0.05, 0) is 12.8 Å². The Morgan fingerprint density at radius 1 is 1.40 bits per heavy atom. The number of aliphatic imine (C=N–C) groups is 1. The van der Waals surface area contributed by atoms with Gasteiger partial charge in [0.2, 0.25) is 0 Å². The second kappa shape index (κ2) is 5.73. The van der Waals surface area contributed by atoms with Gasteiger partial charge in [-0.25, -0.2) is 0 Å². The van der Waals surface area contributed by atoms with E-state index in [0.717, 1.165) is 12.8 Å². The summed E-state index contributed by atoms with van der Waals surface area (Å²) in [4.78, 5) is 3.80. The minimum atomic E-state index is 0.134. The Morgan fingerprint density at radius 2 is 2.00 bits per heavy atom. The molecule has 0 aliphatic heterocycles. The van der Waals surface area contributed by atoms with Crippen molar-refractivity contribution in [3.63, 3.8) is 0 Å². The fraction of sp³-hybridized carbons (Fsp3) is 0.800. The lowest BCUT2D eigenvalue weighted by Crippen LogP contribution is -2.22. The summed E-state index contributed by atoms with van der Waals surface area (Å²) in [6.45, 7) is 0.667. The van der Waals surface area contributed by atoms with E-state index in [-0.39, 0.29) is 10.5 Å². The average Bonchev–Trinajstić information content (AvgIpc) is 1.79. The lowest BCUT2D eigenvalue weighted by atomic mass is 10.3. The van der Waals surface area contributed by atoms with Crippen LogP contribution in [0.25, 0.3) is 0 Å². The maximum atomic E-state index is 5.10. The van der Waals surface area contributed by atoms with E-state index in [1.807, 2.05) is 0 Å². The van der Waals surface area contributed by atoms with E-state index >= 15 is 0 Å². The van der Waals surface area contributed by atoms with Crippen molar-refractivity contribution in [3.05, 3.63) is 0 Å². The molecule has 0 fully saturated rings. The van der Waals surface area contributed by atoms with E-state index in [4.69, 9.17) is 11.5 Å². The van der Waals surface area contributed by atoms with E-state index < -0.39 is 0 Å². The molecule has 0 aliphatic rings. The predicted octanol–water partition coefficient (Wildman–Crippen LogP) is 0.226. The molecule has 0 saturated heterocycles. The van der Waals surface area contributed by atoms with Gasteiger partial charge in [-0.2, -0.15) is 25.3 Å². The third kappa shape index (κ3) is 7.97. The van der Waals surface area contributed by atoms with Crippen molar-refractivity contribution in [1.82, 2.24) is 0 Å². The fourth-order valence-electron chi connectivity index (χ4n) is 0.482. The maximum Gasteiger partial charge on any atom is 0.185 e. The SMILES string of the molecule is NC(N)=NCCCC(S)S. The Labute approximate surface area is 72.1 Å². The summed E-state index contributed by atoms with van der Waals surface area (Å²) in [6, 6.07) is 0. The summed E-state index contributed by atoms with van der Waals surface area (Å²) in [7, 11) is 0. The normalized spacial score (nSPS) is 9.90. The Kier molecular flexibility index (Phi) is 5.71. The van der Waals surface area contributed by atoms with Crippen LogP contribution in [0.3, 0.4) is 0 Å². The predicted molar refractivity (Wildman–Crippen MR) is 51.7 cm³/mol. The molecule has 10 heavy (non-hydrogen) atoms. The van der Waals surface area contributed by atoms with Gasteiger partial charge in [-0.15, -0.1) is 0 Å². The highest BCUT2D eigenvalue weighted by Crippen LogP contribution is 2.07. The first-order valence-electron chi connectivity index (χ1n) is 3.04. The highest BCUT2D eigenvalue weighted by atomic mass is 32.2. The first-order valence-corrected chi connectivity index (χ1v) is 4.07. The Bertz CT molecular complexity index is 109. The van der Waals surface area contributed by atoms with Crippen molar-refractivity contribution in [2.24, 2.45) is 16.5 Å². The van der Waals surface area contributed by atoms with Crippen LogP contribution in [0.15, 0.2) is 4.99 Å². The van der Waals surface area contributed by atoms with Gasteiger partial charge in [0.25, 0.3) is 0 Å². The molecule has 0 unspecified atom stereocenters. The molecule has 0 saturated carbocycles. The highest BCUT2D eigenvalue weighted by Gasteiger charge is 1.93. The molecule has 0 atom stereocenters. The molecule has 0 amide bonds. The second-order valence-corrected chi connectivity index (χ2v) is 3.58. The number of nitrogens with zero attached hydrogens (tertiary/aromatic N) is 1. The first-order chi connectivity index (χ1) is 4.63. The van der Waals surface area contributed by atoms with Crippen LogP contribution in [0.2, 0.25) is 0 Å².